The van der Waals surface area contributed by atoms with Crippen LogP contribution in [0.25, 0.3) is 22.4 Å². The molecule has 0 aliphatic carbocycles. The fourth-order valence-corrected chi connectivity index (χ4v) is 3.99. The average Bonchev–Trinajstić information content (AvgIpc) is 3.34. The lowest BCUT2D eigenvalue weighted by atomic mass is 9.98. The Morgan fingerprint density at radius 3 is 2.46 bits per heavy atom. The molecule has 2 aromatic carbocycles. The van der Waals surface area contributed by atoms with Crippen LogP contribution in [-0.4, -0.2) is 31.4 Å². The molecular formula is C23H23N5. The lowest BCUT2D eigenvalue weighted by molar-refractivity contribution is 0.245. The molecule has 3 heterocycles. The summed E-state index contributed by atoms with van der Waals surface area (Å²) in [6.07, 6.45) is 5.05. The summed E-state index contributed by atoms with van der Waals surface area (Å²) in [5.41, 5.74) is 8.55. The van der Waals surface area contributed by atoms with Crippen molar-refractivity contribution >= 4 is 0 Å². The summed E-state index contributed by atoms with van der Waals surface area (Å²) in [5, 5.41) is 12.2. The van der Waals surface area contributed by atoms with Gasteiger partial charge in [0.25, 0.3) is 0 Å². The van der Waals surface area contributed by atoms with Gasteiger partial charge < -0.3 is 0 Å². The molecule has 0 bridgehead atoms. The zero-order valence-electron chi connectivity index (χ0n) is 16.0. The van der Waals surface area contributed by atoms with E-state index in [1.807, 2.05) is 24.0 Å². The summed E-state index contributed by atoms with van der Waals surface area (Å²) in [7, 11) is 1.96. The maximum absolute atomic E-state index is 4.65. The second kappa shape index (κ2) is 7.09. The molecule has 0 unspecified atom stereocenters. The Morgan fingerprint density at radius 1 is 0.964 bits per heavy atom. The minimum Gasteiger partial charge on any atom is -0.294 e. The van der Waals surface area contributed by atoms with Gasteiger partial charge in [-0.15, -0.1) is 0 Å². The van der Waals surface area contributed by atoms with E-state index in [9.17, 15) is 0 Å². The monoisotopic (exact) mass is 369 g/mol. The van der Waals surface area contributed by atoms with Gasteiger partial charge in [-0.25, -0.2) is 0 Å². The minimum absolute atomic E-state index is 0.913. The van der Waals surface area contributed by atoms with Crippen molar-refractivity contribution in [1.82, 2.24) is 24.9 Å². The van der Waals surface area contributed by atoms with E-state index in [1.54, 1.807) is 0 Å². The van der Waals surface area contributed by atoms with Crippen LogP contribution in [0.15, 0.2) is 67.0 Å². The maximum atomic E-state index is 4.65. The second-order valence-corrected chi connectivity index (χ2v) is 7.46. The number of aromatic nitrogens is 4. The second-order valence-electron chi connectivity index (χ2n) is 7.46. The van der Waals surface area contributed by atoms with E-state index in [0.29, 0.717) is 0 Å². The van der Waals surface area contributed by atoms with Gasteiger partial charge in [0.2, 0.25) is 0 Å². The van der Waals surface area contributed by atoms with Gasteiger partial charge in [0.05, 0.1) is 11.9 Å². The number of benzene rings is 2. The van der Waals surface area contributed by atoms with E-state index in [1.165, 1.54) is 33.5 Å². The molecule has 0 fully saturated rings. The standard InChI is InChI=1S/C23H23N5/c1-27-14-17(13-24-27)15-28-12-11-22-21(16-28)23(26-25-22)20-9-7-19(8-10-20)18-5-3-2-4-6-18/h2-10,13-14H,11-12,15-16H2,1H3,(H,25,26). The third-order valence-electron chi connectivity index (χ3n) is 5.44. The predicted octanol–water partition coefficient (Wildman–Crippen LogP) is 4.04. The molecule has 0 radical (unpaired) electrons. The summed E-state index contributed by atoms with van der Waals surface area (Å²) in [6.45, 7) is 2.87. The number of rotatable bonds is 4. The largest absolute Gasteiger partial charge is 0.294 e. The number of H-pyrrole nitrogens is 1. The molecule has 140 valence electrons. The van der Waals surface area contributed by atoms with Crippen molar-refractivity contribution in [1.29, 1.82) is 0 Å². The average molecular weight is 369 g/mol. The van der Waals surface area contributed by atoms with Crippen molar-refractivity contribution in [3.8, 4) is 22.4 Å². The summed E-state index contributed by atoms with van der Waals surface area (Å²) < 4.78 is 1.86. The number of aromatic amines is 1. The van der Waals surface area contributed by atoms with Crippen LogP contribution >= 0.6 is 0 Å². The Morgan fingerprint density at radius 2 is 1.71 bits per heavy atom. The van der Waals surface area contributed by atoms with E-state index in [-0.39, 0.29) is 0 Å². The number of fused-ring (bicyclic) bond motifs is 1. The third-order valence-corrected chi connectivity index (χ3v) is 5.44. The highest BCUT2D eigenvalue weighted by molar-refractivity contribution is 5.70. The van der Waals surface area contributed by atoms with E-state index in [0.717, 1.165) is 31.7 Å². The lowest BCUT2D eigenvalue weighted by Crippen LogP contribution is -2.29. The minimum atomic E-state index is 0.913. The fourth-order valence-electron chi connectivity index (χ4n) is 3.99. The Balaban J connectivity index is 1.38. The molecule has 1 N–H and O–H groups in total. The topological polar surface area (TPSA) is 49.7 Å². The molecule has 28 heavy (non-hydrogen) atoms. The van der Waals surface area contributed by atoms with Crippen molar-refractivity contribution in [2.24, 2.45) is 7.05 Å². The molecule has 1 aliphatic heterocycles. The van der Waals surface area contributed by atoms with Gasteiger partial charge in [0.1, 0.15) is 0 Å². The van der Waals surface area contributed by atoms with Crippen molar-refractivity contribution in [2.75, 3.05) is 6.54 Å². The fraction of sp³-hybridized carbons (Fsp3) is 0.217. The maximum Gasteiger partial charge on any atom is 0.0968 e. The van der Waals surface area contributed by atoms with Gasteiger partial charge in [-0.1, -0.05) is 54.6 Å². The summed E-state index contributed by atoms with van der Waals surface area (Å²) in [4.78, 5) is 2.47. The quantitative estimate of drug-likeness (QED) is 0.591. The van der Waals surface area contributed by atoms with Crippen molar-refractivity contribution in [3.05, 3.63) is 83.8 Å². The Kier molecular flexibility index (Phi) is 4.29. The molecule has 0 amide bonds. The molecule has 1 aliphatic rings. The smallest absolute Gasteiger partial charge is 0.0968 e. The van der Waals surface area contributed by atoms with Crippen LogP contribution in [0.3, 0.4) is 0 Å². The van der Waals surface area contributed by atoms with Crippen LogP contribution < -0.4 is 0 Å². The molecule has 0 saturated carbocycles. The SMILES string of the molecule is Cn1cc(CN2CCc3[nH]nc(-c4ccc(-c5ccccc5)cc4)c3C2)cn1. The molecule has 0 atom stereocenters. The molecular weight excluding hydrogens is 346 g/mol. The first-order valence-corrected chi connectivity index (χ1v) is 9.68. The van der Waals surface area contributed by atoms with Gasteiger partial charge in [0, 0.05) is 61.7 Å². The van der Waals surface area contributed by atoms with E-state index in [2.05, 4.69) is 74.9 Å². The first-order valence-electron chi connectivity index (χ1n) is 9.68. The first kappa shape index (κ1) is 17.0. The van der Waals surface area contributed by atoms with Crippen LogP contribution in [0.4, 0.5) is 0 Å². The zero-order chi connectivity index (χ0) is 18.9. The van der Waals surface area contributed by atoms with Gasteiger partial charge in [-0.2, -0.15) is 10.2 Å². The molecule has 2 aromatic heterocycles. The van der Waals surface area contributed by atoms with Gasteiger partial charge in [-0.3, -0.25) is 14.7 Å². The number of hydrogen-bond acceptors (Lipinski definition) is 3. The highest BCUT2D eigenvalue weighted by Gasteiger charge is 2.23. The molecule has 4 aromatic rings. The summed E-state index contributed by atoms with van der Waals surface area (Å²) >= 11 is 0. The highest BCUT2D eigenvalue weighted by Crippen LogP contribution is 2.30. The van der Waals surface area contributed by atoms with E-state index < -0.39 is 0 Å². The Hall–Kier alpha value is -3.18. The summed E-state index contributed by atoms with van der Waals surface area (Å²) in [5.74, 6) is 0. The van der Waals surface area contributed by atoms with Crippen LogP contribution in [0.5, 0.6) is 0 Å². The molecule has 0 spiro atoms. The molecule has 5 heteroatoms. The first-order chi connectivity index (χ1) is 13.8. The predicted molar refractivity (Wildman–Crippen MR) is 110 cm³/mol. The van der Waals surface area contributed by atoms with Crippen LogP contribution in [0.2, 0.25) is 0 Å². The van der Waals surface area contributed by atoms with Crippen LogP contribution in [-0.2, 0) is 26.6 Å². The highest BCUT2D eigenvalue weighted by atomic mass is 15.2. The summed E-state index contributed by atoms with van der Waals surface area (Å²) in [6, 6.07) is 19.2. The lowest BCUT2D eigenvalue weighted by Gasteiger charge is -2.26. The van der Waals surface area contributed by atoms with Gasteiger partial charge in [-0.05, 0) is 11.1 Å². The van der Waals surface area contributed by atoms with Gasteiger partial charge in [0.15, 0.2) is 0 Å². The van der Waals surface area contributed by atoms with E-state index in [4.69, 9.17) is 0 Å². The number of hydrogen-bond donors (Lipinski definition) is 1. The van der Waals surface area contributed by atoms with Crippen molar-refractivity contribution in [2.45, 2.75) is 19.5 Å². The zero-order valence-corrected chi connectivity index (χ0v) is 16.0. The molecule has 5 rings (SSSR count). The third kappa shape index (κ3) is 3.25. The van der Waals surface area contributed by atoms with Crippen molar-refractivity contribution in [3.63, 3.8) is 0 Å². The normalized spacial score (nSPS) is 14.2. The Labute approximate surface area is 164 Å². The number of nitrogens with one attached hydrogen (secondary N) is 1. The van der Waals surface area contributed by atoms with E-state index >= 15 is 0 Å². The Bertz CT molecular complexity index is 1080. The van der Waals surface area contributed by atoms with Gasteiger partial charge >= 0.3 is 0 Å². The number of aryl methyl sites for hydroxylation is 1. The molecule has 0 saturated heterocycles. The van der Waals surface area contributed by atoms with Crippen LogP contribution in [0.1, 0.15) is 16.8 Å². The molecule has 5 nitrogen and oxygen atoms in total. The van der Waals surface area contributed by atoms with Crippen molar-refractivity contribution < 1.29 is 0 Å². The van der Waals surface area contributed by atoms with Crippen LogP contribution in [0, 0.1) is 0 Å². The number of nitrogens with zero attached hydrogens (tertiary/aromatic N) is 4.